The molecule has 0 saturated carbocycles. The molecule has 3 heteroatoms. The van der Waals surface area contributed by atoms with Crippen LogP contribution >= 0.6 is 0 Å². The van der Waals surface area contributed by atoms with Gasteiger partial charge in [-0.05, 0) is 19.3 Å². The molecule has 13 heavy (non-hydrogen) atoms. The highest BCUT2D eigenvalue weighted by atomic mass is 16.6. The van der Waals surface area contributed by atoms with Crippen LogP contribution in [0.1, 0.15) is 26.2 Å². The molecule has 0 aromatic rings. The predicted molar refractivity (Wildman–Crippen MR) is 48.0 cm³/mol. The number of carbonyl (C=O) groups is 1. The van der Waals surface area contributed by atoms with Crippen molar-refractivity contribution in [3.05, 3.63) is 0 Å². The Kier molecular flexibility index (Phi) is 3.78. The molecule has 2 atom stereocenters. The van der Waals surface area contributed by atoms with Gasteiger partial charge in [-0.3, -0.25) is 4.79 Å². The summed E-state index contributed by atoms with van der Waals surface area (Å²) in [5, 5.41) is 0. The summed E-state index contributed by atoms with van der Waals surface area (Å²) in [6, 6.07) is 0. The standard InChI is InChI=1S/C10H14O3/c1-3-9(13-8(2)11)10-6-4-5-7-12-10/h1,9-10H,4-7H2,2H3/t9-,10-/m0/s1. The number of esters is 1. The maximum absolute atomic E-state index is 10.7. The lowest BCUT2D eigenvalue weighted by Crippen LogP contribution is -2.34. The van der Waals surface area contributed by atoms with Crippen molar-refractivity contribution in [2.24, 2.45) is 0 Å². The molecule has 1 aliphatic heterocycles. The summed E-state index contributed by atoms with van der Waals surface area (Å²) in [5.74, 6) is 2.09. The zero-order valence-corrected chi connectivity index (χ0v) is 7.79. The second kappa shape index (κ2) is 4.88. The van der Waals surface area contributed by atoms with Crippen molar-refractivity contribution < 1.29 is 14.3 Å². The lowest BCUT2D eigenvalue weighted by Gasteiger charge is -2.26. The van der Waals surface area contributed by atoms with Crippen molar-refractivity contribution in [2.45, 2.75) is 38.4 Å². The molecule has 0 N–H and O–H groups in total. The Labute approximate surface area is 78.4 Å². The molecule has 0 bridgehead atoms. The molecule has 0 aromatic heterocycles. The zero-order chi connectivity index (χ0) is 9.68. The van der Waals surface area contributed by atoms with Crippen LogP contribution in [0, 0.1) is 12.3 Å². The first-order valence-corrected chi connectivity index (χ1v) is 4.49. The van der Waals surface area contributed by atoms with Crippen LogP contribution in [0.3, 0.4) is 0 Å². The van der Waals surface area contributed by atoms with Gasteiger partial charge in [-0.25, -0.2) is 0 Å². The molecule has 1 fully saturated rings. The maximum atomic E-state index is 10.7. The summed E-state index contributed by atoms with van der Waals surface area (Å²) < 4.78 is 10.4. The average molecular weight is 182 g/mol. The van der Waals surface area contributed by atoms with Crippen LogP contribution in [0.15, 0.2) is 0 Å². The van der Waals surface area contributed by atoms with Gasteiger partial charge in [0, 0.05) is 13.5 Å². The van der Waals surface area contributed by atoms with Gasteiger partial charge >= 0.3 is 5.97 Å². The molecule has 0 radical (unpaired) electrons. The molecule has 0 aliphatic carbocycles. The minimum Gasteiger partial charge on any atom is -0.447 e. The highest BCUT2D eigenvalue weighted by Crippen LogP contribution is 2.17. The Hall–Kier alpha value is -1.01. The zero-order valence-electron chi connectivity index (χ0n) is 7.79. The molecule has 0 aromatic carbocycles. The van der Waals surface area contributed by atoms with E-state index in [2.05, 4.69) is 5.92 Å². The van der Waals surface area contributed by atoms with E-state index in [0.29, 0.717) is 6.61 Å². The van der Waals surface area contributed by atoms with Crippen LogP contribution in [0.4, 0.5) is 0 Å². The molecule has 0 unspecified atom stereocenters. The molecular weight excluding hydrogens is 168 g/mol. The van der Waals surface area contributed by atoms with Crippen molar-refractivity contribution in [2.75, 3.05) is 6.61 Å². The summed E-state index contributed by atoms with van der Waals surface area (Å²) in [4.78, 5) is 10.7. The van der Waals surface area contributed by atoms with E-state index in [1.54, 1.807) is 0 Å². The van der Waals surface area contributed by atoms with Crippen molar-refractivity contribution >= 4 is 5.97 Å². The van der Waals surface area contributed by atoms with Gasteiger partial charge in [-0.15, -0.1) is 6.42 Å². The molecule has 0 amide bonds. The second-order valence-corrected chi connectivity index (χ2v) is 3.10. The first-order chi connectivity index (χ1) is 6.24. The molecule has 0 spiro atoms. The summed E-state index contributed by atoms with van der Waals surface area (Å²) in [5.41, 5.74) is 0. The Morgan fingerprint density at radius 2 is 2.46 bits per heavy atom. The number of hydrogen-bond acceptors (Lipinski definition) is 3. The second-order valence-electron chi connectivity index (χ2n) is 3.10. The van der Waals surface area contributed by atoms with Gasteiger partial charge in [0.1, 0.15) is 6.10 Å². The minimum atomic E-state index is -0.516. The third-order valence-electron chi connectivity index (χ3n) is 2.01. The third kappa shape index (κ3) is 3.08. The van der Waals surface area contributed by atoms with Gasteiger partial charge in [0.05, 0.1) is 0 Å². The highest BCUT2D eigenvalue weighted by Gasteiger charge is 2.24. The summed E-state index contributed by atoms with van der Waals surface area (Å²) in [7, 11) is 0. The smallest absolute Gasteiger partial charge is 0.303 e. The van der Waals surface area contributed by atoms with Crippen LogP contribution in [0.5, 0.6) is 0 Å². The quantitative estimate of drug-likeness (QED) is 0.474. The van der Waals surface area contributed by atoms with Crippen molar-refractivity contribution in [3.63, 3.8) is 0 Å². The topological polar surface area (TPSA) is 35.5 Å². The van der Waals surface area contributed by atoms with Crippen LogP contribution in [0.25, 0.3) is 0 Å². The molecule has 1 aliphatic rings. The lowest BCUT2D eigenvalue weighted by atomic mass is 10.0. The van der Waals surface area contributed by atoms with E-state index in [0.717, 1.165) is 19.3 Å². The van der Waals surface area contributed by atoms with Gasteiger partial charge in [-0.2, -0.15) is 0 Å². The van der Waals surface area contributed by atoms with E-state index in [1.807, 2.05) is 0 Å². The van der Waals surface area contributed by atoms with E-state index >= 15 is 0 Å². The summed E-state index contributed by atoms with van der Waals surface area (Å²) >= 11 is 0. The lowest BCUT2D eigenvalue weighted by molar-refractivity contribution is -0.152. The average Bonchev–Trinajstić information content (AvgIpc) is 2.15. The van der Waals surface area contributed by atoms with Gasteiger partial charge in [0.2, 0.25) is 0 Å². The number of carbonyl (C=O) groups excluding carboxylic acids is 1. The van der Waals surface area contributed by atoms with Crippen molar-refractivity contribution in [1.29, 1.82) is 0 Å². The first-order valence-electron chi connectivity index (χ1n) is 4.49. The molecule has 72 valence electrons. The molecule has 1 saturated heterocycles. The largest absolute Gasteiger partial charge is 0.447 e. The molecular formula is C10H14O3. The monoisotopic (exact) mass is 182 g/mol. The number of ether oxygens (including phenoxy) is 2. The normalized spacial score (nSPS) is 24.5. The Balaban J connectivity index is 2.45. The third-order valence-corrected chi connectivity index (χ3v) is 2.01. The van der Waals surface area contributed by atoms with Gasteiger partial charge in [-0.1, -0.05) is 5.92 Å². The predicted octanol–water partition coefficient (Wildman–Crippen LogP) is 1.12. The van der Waals surface area contributed by atoms with E-state index in [-0.39, 0.29) is 12.1 Å². The van der Waals surface area contributed by atoms with E-state index in [4.69, 9.17) is 15.9 Å². The van der Waals surface area contributed by atoms with Crippen LogP contribution < -0.4 is 0 Å². The van der Waals surface area contributed by atoms with E-state index in [1.165, 1.54) is 6.92 Å². The Bertz CT molecular complexity index is 211. The van der Waals surface area contributed by atoms with Crippen LogP contribution in [0.2, 0.25) is 0 Å². The SMILES string of the molecule is C#C[C@H](OC(C)=O)[C@@H]1CCCCO1. The van der Waals surface area contributed by atoms with Gasteiger partial charge < -0.3 is 9.47 Å². The molecule has 1 rings (SSSR count). The van der Waals surface area contributed by atoms with E-state index < -0.39 is 6.10 Å². The van der Waals surface area contributed by atoms with Crippen molar-refractivity contribution in [1.82, 2.24) is 0 Å². The highest BCUT2D eigenvalue weighted by molar-refractivity contribution is 5.66. The number of terminal acetylenes is 1. The fraction of sp³-hybridized carbons (Fsp3) is 0.700. The maximum Gasteiger partial charge on any atom is 0.303 e. The first kappa shape index (κ1) is 10.1. The number of hydrogen-bond donors (Lipinski definition) is 0. The Morgan fingerprint density at radius 1 is 1.69 bits per heavy atom. The Morgan fingerprint density at radius 3 is 2.92 bits per heavy atom. The fourth-order valence-electron chi connectivity index (χ4n) is 1.40. The van der Waals surface area contributed by atoms with Crippen LogP contribution in [-0.4, -0.2) is 24.8 Å². The molecule has 3 nitrogen and oxygen atoms in total. The van der Waals surface area contributed by atoms with Crippen molar-refractivity contribution in [3.8, 4) is 12.3 Å². The van der Waals surface area contributed by atoms with Crippen LogP contribution in [-0.2, 0) is 14.3 Å². The fourth-order valence-corrected chi connectivity index (χ4v) is 1.40. The summed E-state index contributed by atoms with van der Waals surface area (Å²) in [6.45, 7) is 2.07. The molecule has 1 heterocycles. The number of rotatable bonds is 2. The summed E-state index contributed by atoms with van der Waals surface area (Å²) in [6.07, 6.45) is 7.65. The minimum absolute atomic E-state index is 0.109. The van der Waals surface area contributed by atoms with Gasteiger partial charge in [0.15, 0.2) is 6.10 Å². The van der Waals surface area contributed by atoms with Gasteiger partial charge in [0.25, 0.3) is 0 Å². The van der Waals surface area contributed by atoms with E-state index in [9.17, 15) is 4.79 Å².